The number of alkyl halides is 1. The van der Waals surface area contributed by atoms with Gasteiger partial charge in [-0.05, 0) is 16.9 Å². The van der Waals surface area contributed by atoms with Crippen LogP contribution in [0.1, 0.15) is 26.6 Å². The lowest BCUT2D eigenvalue weighted by Gasteiger charge is -2.19. The number of nitrogens with zero attached hydrogens (tertiary/aromatic N) is 2. The highest BCUT2D eigenvalue weighted by Crippen LogP contribution is 2.29. The molecule has 0 spiro atoms. The van der Waals surface area contributed by atoms with Gasteiger partial charge in [0.15, 0.2) is 4.34 Å². The normalized spacial score (nSPS) is 12.0. The molecule has 1 heterocycles. The average molecular weight is 295 g/mol. The minimum Gasteiger partial charge on any atom is -0.213 e. The van der Waals surface area contributed by atoms with Gasteiger partial charge < -0.3 is 0 Å². The van der Waals surface area contributed by atoms with Crippen LogP contribution >= 0.6 is 39.2 Å². The van der Waals surface area contributed by atoms with Crippen LogP contribution in [0.3, 0.4) is 0 Å². The van der Waals surface area contributed by atoms with Gasteiger partial charge in [-0.15, -0.1) is 0 Å². The molecule has 0 unspecified atom stereocenters. The van der Waals surface area contributed by atoms with E-state index in [1.54, 1.807) is 11.8 Å². The van der Waals surface area contributed by atoms with Crippen molar-refractivity contribution in [3.05, 3.63) is 5.82 Å². The Morgan fingerprint density at radius 3 is 2.71 bits per heavy atom. The van der Waals surface area contributed by atoms with Gasteiger partial charge in [0.05, 0.1) is 0 Å². The van der Waals surface area contributed by atoms with Crippen molar-refractivity contribution in [3.63, 3.8) is 0 Å². The monoisotopic (exact) mass is 294 g/mol. The van der Waals surface area contributed by atoms with Crippen LogP contribution in [0.2, 0.25) is 0 Å². The Morgan fingerprint density at radius 2 is 2.21 bits per heavy atom. The standard InChI is InChI=1S/C9H15BrN2S2/c1-4-7-11-8(14-12-7)13-6-9(2,3)5-10/h4-6H2,1-3H3. The van der Waals surface area contributed by atoms with E-state index in [0.717, 1.165) is 27.7 Å². The number of aromatic nitrogens is 2. The lowest BCUT2D eigenvalue weighted by Crippen LogP contribution is -2.15. The van der Waals surface area contributed by atoms with Gasteiger partial charge in [0.1, 0.15) is 5.82 Å². The quantitative estimate of drug-likeness (QED) is 0.613. The van der Waals surface area contributed by atoms with E-state index in [0.29, 0.717) is 5.41 Å². The van der Waals surface area contributed by atoms with E-state index in [9.17, 15) is 0 Å². The van der Waals surface area contributed by atoms with Crippen molar-refractivity contribution in [2.45, 2.75) is 31.5 Å². The SMILES string of the molecule is CCc1nsc(SCC(C)(C)CBr)n1. The van der Waals surface area contributed by atoms with Crippen molar-refractivity contribution >= 4 is 39.2 Å². The van der Waals surface area contributed by atoms with Crippen LogP contribution in [0, 0.1) is 5.41 Å². The van der Waals surface area contributed by atoms with E-state index in [4.69, 9.17) is 0 Å². The molecule has 14 heavy (non-hydrogen) atoms. The molecule has 1 rings (SSSR count). The van der Waals surface area contributed by atoms with Crippen molar-refractivity contribution in [2.24, 2.45) is 5.41 Å². The maximum Gasteiger partial charge on any atom is 0.170 e. The second-order valence-electron chi connectivity index (χ2n) is 3.92. The summed E-state index contributed by atoms with van der Waals surface area (Å²) in [6.45, 7) is 6.58. The van der Waals surface area contributed by atoms with Crippen molar-refractivity contribution < 1.29 is 0 Å². The van der Waals surface area contributed by atoms with E-state index in [1.807, 2.05) is 0 Å². The van der Waals surface area contributed by atoms with Crippen LogP contribution in [-0.4, -0.2) is 20.4 Å². The summed E-state index contributed by atoms with van der Waals surface area (Å²) in [5, 5.41) is 1.02. The summed E-state index contributed by atoms with van der Waals surface area (Å²) in [5.41, 5.74) is 0.322. The lowest BCUT2D eigenvalue weighted by molar-refractivity contribution is 0.496. The van der Waals surface area contributed by atoms with Gasteiger partial charge in [0.2, 0.25) is 0 Å². The Kier molecular flexibility index (Phi) is 4.87. The molecule has 0 aromatic carbocycles. The zero-order valence-corrected chi connectivity index (χ0v) is 11.9. The lowest BCUT2D eigenvalue weighted by atomic mass is 10.0. The number of rotatable bonds is 5. The first-order chi connectivity index (χ1) is 6.57. The third kappa shape index (κ3) is 3.87. The zero-order valence-electron chi connectivity index (χ0n) is 8.71. The van der Waals surface area contributed by atoms with E-state index < -0.39 is 0 Å². The molecule has 0 amide bonds. The molecule has 1 aromatic rings. The summed E-state index contributed by atoms with van der Waals surface area (Å²) in [7, 11) is 0. The molecule has 0 saturated carbocycles. The molecule has 0 aliphatic carbocycles. The number of thioether (sulfide) groups is 1. The highest BCUT2D eigenvalue weighted by molar-refractivity contribution is 9.09. The number of aryl methyl sites for hydroxylation is 1. The van der Waals surface area contributed by atoms with E-state index in [2.05, 4.69) is 46.1 Å². The summed E-state index contributed by atoms with van der Waals surface area (Å²) in [4.78, 5) is 4.42. The van der Waals surface area contributed by atoms with Gasteiger partial charge >= 0.3 is 0 Å². The number of halogens is 1. The van der Waals surface area contributed by atoms with Crippen LogP contribution in [0.4, 0.5) is 0 Å². The molecule has 0 saturated heterocycles. The molecule has 80 valence electrons. The molecule has 0 fully saturated rings. The smallest absolute Gasteiger partial charge is 0.170 e. The molecular formula is C9H15BrN2S2. The van der Waals surface area contributed by atoms with Gasteiger partial charge in [-0.2, -0.15) is 4.37 Å². The molecule has 0 aliphatic heterocycles. The molecule has 0 N–H and O–H groups in total. The Hall–Kier alpha value is 0.390. The van der Waals surface area contributed by atoms with Crippen LogP contribution in [0.5, 0.6) is 0 Å². The number of hydrogen-bond acceptors (Lipinski definition) is 4. The molecule has 0 atom stereocenters. The van der Waals surface area contributed by atoms with Crippen LogP contribution in [-0.2, 0) is 6.42 Å². The third-order valence-corrected chi connectivity index (χ3v) is 5.62. The van der Waals surface area contributed by atoms with E-state index in [-0.39, 0.29) is 0 Å². The van der Waals surface area contributed by atoms with Crippen LogP contribution in [0.15, 0.2) is 4.34 Å². The predicted octanol–water partition coefficient (Wildman–Crippen LogP) is 3.61. The van der Waals surface area contributed by atoms with Gasteiger partial charge in [-0.3, -0.25) is 0 Å². The number of hydrogen-bond donors (Lipinski definition) is 0. The van der Waals surface area contributed by atoms with Crippen molar-refractivity contribution in [1.82, 2.24) is 9.36 Å². The van der Waals surface area contributed by atoms with Crippen molar-refractivity contribution in [1.29, 1.82) is 0 Å². The van der Waals surface area contributed by atoms with Crippen LogP contribution in [0.25, 0.3) is 0 Å². The molecule has 5 heteroatoms. The predicted molar refractivity (Wildman–Crippen MR) is 67.6 cm³/mol. The van der Waals surface area contributed by atoms with Gasteiger partial charge in [0.25, 0.3) is 0 Å². The minimum atomic E-state index is 0.322. The first-order valence-electron chi connectivity index (χ1n) is 4.59. The zero-order chi connectivity index (χ0) is 10.6. The summed E-state index contributed by atoms with van der Waals surface area (Å²) in [6, 6.07) is 0. The summed E-state index contributed by atoms with van der Waals surface area (Å²) in [5.74, 6) is 2.05. The van der Waals surface area contributed by atoms with Crippen LogP contribution < -0.4 is 0 Å². The first-order valence-corrected chi connectivity index (χ1v) is 7.47. The van der Waals surface area contributed by atoms with Gasteiger partial charge in [-0.1, -0.05) is 48.5 Å². The van der Waals surface area contributed by atoms with Gasteiger partial charge in [0, 0.05) is 17.5 Å². The average Bonchev–Trinajstić information content (AvgIpc) is 2.63. The first kappa shape index (κ1) is 12.5. The topological polar surface area (TPSA) is 25.8 Å². The van der Waals surface area contributed by atoms with Crippen molar-refractivity contribution in [3.8, 4) is 0 Å². The second-order valence-corrected chi connectivity index (χ2v) is 6.45. The van der Waals surface area contributed by atoms with Crippen molar-refractivity contribution in [2.75, 3.05) is 11.1 Å². The summed E-state index contributed by atoms with van der Waals surface area (Å²) >= 11 is 6.83. The Bertz CT molecular complexity index is 286. The largest absolute Gasteiger partial charge is 0.213 e. The van der Waals surface area contributed by atoms with E-state index in [1.165, 1.54) is 11.5 Å². The highest BCUT2D eigenvalue weighted by atomic mass is 79.9. The third-order valence-electron chi connectivity index (χ3n) is 1.71. The molecule has 1 aromatic heterocycles. The molecule has 2 nitrogen and oxygen atoms in total. The minimum absolute atomic E-state index is 0.322. The molecular weight excluding hydrogens is 280 g/mol. The molecule has 0 bridgehead atoms. The van der Waals surface area contributed by atoms with Gasteiger partial charge in [-0.25, -0.2) is 4.98 Å². The fourth-order valence-electron chi connectivity index (χ4n) is 0.736. The Labute approximate surface area is 102 Å². The Balaban J connectivity index is 2.45. The second kappa shape index (κ2) is 5.47. The van der Waals surface area contributed by atoms with E-state index >= 15 is 0 Å². The maximum atomic E-state index is 4.42. The fourth-order valence-corrected chi connectivity index (χ4v) is 2.98. The summed E-state index contributed by atoms with van der Waals surface area (Å²) < 4.78 is 5.35. The Morgan fingerprint density at radius 1 is 1.50 bits per heavy atom. The highest BCUT2D eigenvalue weighted by Gasteiger charge is 2.17. The summed E-state index contributed by atoms with van der Waals surface area (Å²) in [6.07, 6.45) is 0.929. The molecule has 0 aliphatic rings. The maximum absolute atomic E-state index is 4.42. The molecule has 0 radical (unpaired) electrons. The fraction of sp³-hybridized carbons (Fsp3) is 0.778.